The van der Waals surface area contributed by atoms with Crippen LogP contribution < -0.4 is 10.2 Å². The third-order valence-electron chi connectivity index (χ3n) is 1.77. The van der Waals surface area contributed by atoms with E-state index in [4.69, 9.17) is 14.8 Å². The van der Waals surface area contributed by atoms with E-state index in [0.717, 1.165) is 5.56 Å². The van der Waals surface area contributed by atoms with E-state index in [-0.39, 0.29) is 6.61 Å². The van der Waals surface area contributed by atoms with Gasteiger partial charge in [0.15, 0.2) is 6.61 Å². The first kappa shape index (κ1) is 11.5. The van der Waals surface area contributed by atoms with Crippen LogP contribution >= 0.6 is 0 Å². The second-order valence-electron chi connectivity index (χ2n) is 2.81. The molecule has 0 heterocycles. The lowest BCUT2D eigenvalue weighted by Crippen LogP contribution is -2.14. The number of para-hydroxylation sites is 1. The number of rotatable bonds is 6. The zero-order valence-electron chi connectivity index (χ0n) is 8.69. The van der Waals surface area contributed by atoms with Crippen LogP contribution in [0.25, 0.3) is 0 Å². The zero-order chi connectivity index (χ0) is 10.9. The van der Waals surface area contributed by atoms with Gasteiger partial charge in [0.05, 0.1) is 6.61 Å². The van der Waals surface area contributed by atoms with Gasteiger partial charge in [0.2, 0.25) is 0 Å². The predicted molar refractivity (Wildman–Crippen MR) is 56.0 cm³/mol. The lowest BCUT2D eigenvalue weighted by atomic mass is 10.2. The maximum absolute atomic E-state index is 8.42. The highest BCUT2D eigenvalue weighted by molar-refractivity contribution is 5.33. The lowest BCUT2D eigenvalue weighted by Gasteiger charge is -2.09. The second kappa shape index (κ2) is 6.82. The highest BCUT2D eigenvalue weighted by Gasteiger charge is 2.01. The van der Waals surface area contributed by atoms with Gasteiger partial charge >= 0.3 is 0 Å². The van der Waals surface area contributed by atoms with Crippen LogP contribution in [0.1, 0.15) is 12.5 Å². The Hall–Kier alpha value is -1.57. The van der Waals surface area contributed by atoms with Crippen molar-refractivity contribution in [3.05, 3.63) is 29.8 Å². The van der Waals surface area contributed by atoms with Gasteiger partial charge in [-0.15, -0.1) is 0 Å². The minimum atomic E-state index is 0.0612. The van der Waals surface area contributed by atoms with E-state index in [0.29, 0.717) is 18.9 Å². The van der Waals surface area contributed by atoms with Crippen molar-refractivity contribution in [2.24, 2.45) is 0 Å². The Balaban J connectivity index is 2.56. The Bertz CT molecular complexity index is 334. The lowest BCUT2D eigenvalue weighted by molar-refractivity contribution is 0.0458. The van der Waals surface area contributed by atoms with E-state index < -0.39 is 0 Å². The number of nitrogens with zero attached hydrogens (tertiary/aromatic N) is 1. The molecule has 0 bridgehead atoms. The van der Waals surface area contributed by atoms with Crippen molar-refractivity contribution in [3.63, 3.8) is 0 Å². The van der Waals surface area contributed by atoms with Gasteiger partial charge in [-0.2, -0.15) is 10.7 Å². The van der Waals surface area contributed by atoms with Crippen LogP contribution in [0.3, 0.4) is 0 Å². The van der Waals surface area contributed by atoms with E-state index in [1.54, 1.807) is 0 Å². The van der Waals surface area contributed by atoms with E-state index in [9.17, 15) is 0 Å². The van der Waals surface area contributed by atoms with Gasteiger partial charge in [-0.1, -0.05) is 18.2 Å². The Labute approximate surface area is 89.4 Å². The van der Waals surface area contributed by atoms with E-state index in [1.807, 2.05) is 37.3 Å². The molecule has 0 aliphatic carbocycles. The fraction of sp³-hybridized carbons (Fsp3) is 0.364. The monoisotopic (exact) mass is 206 g/mol. The van der Waals surface area contributed by atoms with Crippen LogP contribution in [-0.4, -0.2) is 13.2 Å². The number of nitriles is 1. The maximum atomic E-state index is 8.42. The molecule has 0 amide bonds. The van der Waals surface area contributed by atoms with Crippen LogP contribution in [-0.2, 0) is 11.4 Å². The molecule has 1 N–H and O–H groups in total. The van der Waals surface area contributed by atoms with Gasteiger partial charge in [0.25, 0.3) is 0 Å². The molecule has 0 aromatic heterocycles. The van der Waals surface area contributed by atoms with Crippen LogP contribution in [0.4, 0.5) is 0 Å². The summed E-state index contributed by atoms with van der Waals surface area (Å²) in [5.74, 6) is 0.714. The first-order valence-electron chi connectivity index (χ1n) is 4.80. The number of hydroxylamine groups is 1. The highest BCUT2D eigenvalue weighted by Crippen LogP contribution is 2.17. The second-order valence-corrected chi connectivity index (χ2v) is 2.81. The number of nitrogens with one attached hydrogen (secondary N) is 1. The van der Waals surface area contributed by atoms with Crippen molar-refractivity contribution in [3.8, 4) is 11.8 Å². The topological polar surface area (TPSA) is 54.3 Å². The molecule has 1 rings (SSSR count). The molecule has 0 unspecified atom stereocenters. The summed E-state index contributed by atoms with van der Waals surface area (Å²) in [5, 5.41) is 8.42. The molecule has 0 fully saturated rings. The summed E-state index contributed by atoms with van der Waals surface area (Å²) in [6, 6.07) is 9.49. The summed E-state index contributed by atoms with van der Waals surface area (Å²) in [7, 11) is 0. The highest BCUT2D eigenvalue weighted by atomic mass is 16.6. The number of ether oxygens (including phenoxy) is 1. The van der Waals surface area contributed by atoms with Crippen molar-refractivity contribution in [1.82, 2.24) is 5.48 Å². The van der Waals surface area contributed by atoms with Gasteiger partial charge in [0, 0.05) is 12.1 Å². The van der Waals surface area contributed by atoms with Crippen molar-refractivity contribution in [2.45, 2.75) is 13.5 Å². The van der Waals surface area contributed by atoms with E-state index >= 15 is 0 Å². The SMILES string of the molecule is CCONCc1ccccc1OCC#N. The van der Waals surface area contributed by atoms with Crippen LogP contribution in [0, 0.1) is 11.3 Å². The average molecular weight is 206 g/mol. The van der Waals surface area contributed by atoms with Crippen molar-refractivity contribution < 1.29 is 9.57 Å². The third-order valence-corrected chi connectivity index (χ3v) is 1.77. The van der Waals surface area contributed by atoms with Crippen LogP contribution in [0.5, 0.6) is 5.75 Å². The normalized spacial score (nSPS) is 9.60. The summed E-state index contributed by atoms with van der Waals surface area (Å²) < 4.78 is 5.26. The molecule has 0 aliphatic heterocycles. The predicted octanol–water partition coefficient (Wildman–Crippen LogP) is 1.63. The molecule has 4 heteroatoms. The first-order chi connectivity index (χ1) is 7.38. The molecule has 0 radical (unpaired) electrons. The summed E-state index contributed by atoms with van der Waals surface area (Å²) >= 11 is 0. The Morgan fingerprint density at radius 1 is 1.40 bits per heavy atom. The number of hydrogen-bond acceptors (Lipinski definition) is 4. The van der Waals surface area contributed by atoms with Crippen molar-refractivity contribution in [2.75, 3.05) is 13.2 Å². The molecular weight excluding hydrogens is 192 g/mol. The van der Waals surface area contributed by atoms with E-state index in [2.05, 4.69) is 5.48 Å². The maximum Gasteiger partial charge on any atom is 0.174 e. The van der Waals surface area contributed by atoms with Gasteiger partial charge in [-0.05, 0) is 13.0 Å². The molecule has 15 heavy (non-hydrogen) atoms. The molecule has 0 aliphatic rings. The molecule has 0 saturated heterocycles. The summed E-state index contributed by atoms with van der Waals surface area (Å²) in [4.78, 5) is 5.03. The summed E-state index contributed by atoms with van der Waals surface area (Å²) in [6.07, 6.45) is 0. The van der Waals surface area contributed by atoms with Gasteiger partial charge in [-0.3, -0.25) is 0 Å². The molecule has 80 valence electrons. The Morgan fingerprint density at radius 2 is 2.20 bits per heavy atom. The largest absolute Gasteiger partial charge is 0.478 e. The quantitative estimate of drug-likeness (QED) is 0.567. The Morgan fingerprint density at radius 3 is 2.93 bits per heavy atom. The minimum Gasteiger partial charge on any atom is -0.478 e. The molecular formula is C11H14N2O2. The van der Waals surface area contributed by atoms with Crippen molar-refractivity contribution >= 4 is 0 Å². The van der Waals surface area contributed by atoms with Crippen LogP contribution in [0.2, 0.25) is 0 Å². The van der Waals surface area contributed by atoms with Gasteiger partial charge in [-0.25, -0.2) is 0 Å². The molecule has 0 atom stereocenters. The number of benzene rings is 1. The van der Waals surface area contributed by atoms with Crippen LogP contribution in [0.15, 0.2) is 24.3 Å². The van der Waals surface area contributed by atoms with E-state index in [1.165, 1.54) is 0 Å². The third kappa shape index (κ3) is 3.98. The molecule has 4 nitrogen and oxygen atoms in total. The minimum absolute atomic E-state index is 0.0612. The molecule has 1 aromatic carbocycles. The molecule has 0 saturated carbocycles. The smallest absolute Gasteiger partial charge is 0.174 e. The fourth-order valence-corrected chi connectivity index (χ4v) is 1.13. The number of hydrogen-bond donors (Lipinski definition) is 1. The Kier molecular flexibility index (Phi) is 5.23. The molecule has 1 aromatic rings. The van der Waals surface area contributed by atoms with Gasteiger partial charge < -0.3 is 9.57 Å². The standard InChI is InChI=1S/C11H14N2O2/c1-2-15-13-9-10-5-3-4-6-11(10)14-8-7-12/h3-6,13H,2,8-9H2,1H3. The molecule has 0 spiro atoms. The van der Waals surface area contributed by atoms with Crippen molar-refractivity contribution in [1.29, 1.82) is 5.26 Å². The zero-order valence-corrected chi connectivity index (χ0v) is 8.69. The van der Waals surface area contributed by atoms with Gasteiger partial charge in [0.1, 0.15) is 11.8 Å². The first-order valence-corrected chi connectivity index (χ1v) is 4.80. The summed E-state index contributed by atoms with van der Waals surface area (Å²) in [6.45, 7) is 3.15. The average Bonchev–Trinajstić information content (AvgIpc) is 2.28. The fourth-order valence-electron chi connectivity index (χ4n) is 1.13. The summed E-state index contributed by atoms with van der Waals surface area (Å²) in [5.41, 5.74) is 3.78.